The molecule has 0 spiro atoms. The van der Waals surface area contributed by atoms with Gasteiger partial charge in [0.05, 0.1) is 10.1 Å². The lowest BCUT2D eigenvalue weighted by atomic mass is 10.1. The molecule has 0 unspecified atom stereocenters. The van der Waals surface area contributed by atoms with E-state index in [0.29, 0.717) is 43.4 Å². The number of amides is 1. The largest absolute Gasteiger partial charge is 0.486 e. The van der Waals surface area contributed by atoms with E-state index in [4.69, 9.17) is 9.47 Å². The average Bonchev–Trinajstić information content (AvgIpc) is 2.71. The molecule has 150 valence electrons. The Hall–Kier alpha value is -2.54. The summed E-state index contributed by atoms with van der Waals surface area (Å²) in [4.78, 5) is 14.9. The van der Waals surface area contributed by atoms with Crippen LogP contribution in [0.1, 0.15) is 36.7 Å². The lowest BCUT2D eigenvalue weighted by Crippen LogP contribution is -2.31. The van der Waals surface area contributed by atoms with Gasteiger partial charge in [-0.3, -0.25) is 4.79 Å². The van der Waals surface area contributed by atoms with Crippen LogP contribution in [0.25, 0.3) is 0 Å². The predicted molar refractivity (Wildman–Crippen MR) is 107 cm³/mol. The monoisotopic (exact) mass is 403 g/mol. The van der Waals surface area contributed by atoms with Crippen molar-refractivity contribution >= 4 is 15.7 Å². The second-order valence-corrected chi connectivity index (χ2v) is 9.38. The molecule has 1 aliphatic heterocycles. The Morgan fingerprint density at radius 2 is 1.75 bits per heavy atom. The van der Waals surface area contributed by atoms with Crippen molar-refractivity contribution < 1.29 is 22.7 Å². The normalized spacial score (nSPS) is 13.4. The second-order valence-electron chi connectivity index (χ2n) is 6.88. The Bertz CT molecular complexity index is 951. The van der Waals surface area contributed by atoms with E-state index in [-0.39, 0.29) is 10.8 Å². The first-order valence-electron chi connectivity index (χ1n) is 9.35. The summed E-state index contributed by atoms with van der Waals surface area (Å²) in [7, 11) is -3.36. The zero-order chi connectivity index (χ0) is 20.3. The molecule has 3 rings (SSSR count). The van der Waals surface area contributed by atoms with Gasteiger partial charge in [-0.15, -0.1) is 0 Å². The number of benzene rings is 2. The number of nitrogens with zero attached hydrogens (tertiary/aromatic N) is 1. The van der Waals surface area contributed by atoms with Crippen LogP contribution in [-0.2, 0) is 16.4 Å². The lowest BCUT2D eigenvalue weighted by molar-refractivity contribution is 0.0749. The fourth-order valence-electron chi connectivity index (χ4n) is 3.03. The van der Waals surface area contributed by atoms with Gasteiger partial charge >= 0.3 is 0 Å². The van der Waals surface area contributed by atoms with E-state index >= 15 is 0 Å². The maximum absolute atomic E-state index is 12.9. The molecule has 6 nitrogen and oxygen atoms in total. The predicted octanol–water partition coefficient (Wildman–Crippen LogP) is 3.30. The van der Waals surface area contributed by atoms with Crippen LogP contribution in [0.2, 0.25) is 0 Å². The molecule has 0 atom stereocenters. The molecule has 0 fully saturated rings. The molecule has 7 heteroatoms. The smallest absolute Gasteiger partial charge is 0.254 e. The van der Waals surface area contributed by atoms with Crippen LogP contribution in [0.4, 0.5) is 0 Å². The summed E-state index contributed by atoms with van der Waals surface area (Å²) in [6.45, 7) is 7.07. The van der Waals surface area contributed by atoms with Gasteiger partial charge in [0.1, 0.15) is 13.2 Å². The third-order valence-electron chi connectivity index (χ3n) is 4.73. The fraction of sp³-hybridized carbons (Fsp3) is 0.381. The van der Waals surface area contributed by atoms with Crippen molar-refractivity contribution in [1.82, 2.24) is 4.90 Å². The van der Waals surface area contributed by atoms with Gasteiger partial charge in [-0.05, 0) is 51.1 Å². The Balaban J connectivity index is 1.81. The topological polar surface area (TPSA) is 72.9 Å². The van der Waals surface area contributed by atoms with Gasteiger partial charge in [-0.1, -0.05) is 12.1 Å². The highest BCUT2D eigenvalue weighted by Gasteiger charge is 2.22. The first-order chi connectivity index (χ1) is 13.3. The Morgan fingerprint density at radius 3 is 2.39 bits per heavy atom. The Kier molecular flexibility index (Phi) is 5.93. The van der Waals surface area contributed by atoms with Gasteiger partial charge in [0, 0.05) is 24.2 Å². The number of sulfone groups is 1. The van der Waals surface area contributed by atoms with Gasteiger partial charge < -0.3 is 14.4 Å². The van der Waals surface area contributed by atoms with Crippen LogP contribution in [0.15, 0.2) is 47.4 Å². The maximum Gasteiger partial charge on any atom is 0.254 e. The highest BCUT2D eigenvalue weighted by atomic mass is 32.2. The lowest BCUT2D eigenvalue weighted by Gasteiger charge is -2.25. The summed E-state index contributed by atoms with van der Waals surface area (Å²) in [5, 5.41) is -0.507. The molecule has 0 bridgehead atoms. The molecule has 1 heterocycles. The van der Waals surface area contributed by atoms with Gasteiger partial charge in [-0.25, -0.2) is 8.42 Å². The van der Waals surface area contributed by atoms with E-state index in [2.05, 4.69) is 0 Å². The van der Waals surface area contributed by atoms with E-state index < -0.39 is 15.1 Å². The minimum Gasteiger partial charge on any atom is -0.486 e. The minimum atomic E-state index is -3.36. The standard InChI is InChI=1S/C21H25NO5S/c1-4-22(14-17-6-5-7-19-20(17)27-13-12-26-19)21(23)16-8-10-18(11-9-16)28(24,25)15(2)3/h5-11,15H,4,12-14H2,1-3H3. The SMILES string of the molecule is CCN(Cc1cccc2c1OCCO2)C(=O)c1ccc(S(=O)(=O)C(C)C)cc1. The quantitative estimate of drug-likeness (QED) is 0.740. The summed E-state index contributed by atoms with van der Waals surface area (Å²) in [6.07, 6.45) is 0. The Morgan fingerprint density at radius 1 is 1.07 bits per heavy atom. The van der Waals surface area contributed by atoms with Crippen molar-refractivity contribution in [3.63, 3.8) is 0 Å². The maximum atomic E-state index is 12.9. The zero-order valence-corrected chi connectivity index (χ0v) is 17.2. The summed E-state index contributed by atoms with van der Waals surface area (Å²) < 4.78 is 35.9. The summed E-state index contributed by atoms with van der Waals surface area (Å²) in [5.74, 6) is 1.21. The first kappa shape index (κ1) is 20.2. The fourth-order valence-corrected chi connectivity index (χ4v) is 4.09. The van der Waals surface area contributed by atoms with Crippen LogP contribution >= 0.6 is 0 Å². The second kappa shape index (κ2) is 8.22. The molecule has 0 saturated carbocycles. The van der Waals surface area contributed by atoms with Crippen molar-refractivity contribution in [1.29, 1.82) is 0 Å². The van der Waals surface area contributed by atoms with Gasteiger partial charge in [0.2, 0.25) is 0 Å². The number of ether oxygens (including phenoxy) is 2. The molecule has 2 aromatic carbocycles. The number of para-hydroxylation sites is 1. The molecule has 0 aromatic heterocycles. The third kappa shape index (κ3) is 3.99. The molecule has 0 N–H and O–H groups in total. The van der Waals surface area contributed by atoms with Crippen molar-refractivity contribution in [2.45, 2.75) is 37.5 Å². The Labute approximate surface area is 166 Å². The van der Waals surface area contributed by atoms with Gasteiger partial charge in [0.25, 0.3) is 5.91 Å². The van der Waals surface area contributed by atoms with Crippen LogP contribution in [-0.4, -0.2) is 44.2 Å². The van der Waals surface area contributed by atoms with Crippen molar-refractivity contribution in [3.8, 4) is 11.5 Å². The van der Waals surface area contributed by atoms with Crippen LogP contribution < -0.4 is 9.47 Å². The van der Waals surface area contributed by atoms with Crippen LogP contribution in [0.3, 0.4) is 0 Å². The third-order valence-corrected chi connectivity index (χ3v) is 6.90. The van der Waals surface area contributed by atoms with Crippen LogP contribution in [0, 0.1) is 0 Å². The van der Waals surface area contributed by atoms with Crippen molar-refractivity contribution in [2.75, 3.05) is 19.8 Å². The molecular formula is C21H25NO5S. The van der Waals surface area contributed by atoms with E-state index in [1.165, 1.54) is 12.1 Å². The number of fused-ring (bicyclic) bond motifs is 1. The van der Waals surface area contributed by atoms with Gasteiger partial charge in [0.15, 0.2) is 21.3 Å². The van der Waals surface area contributed by atoms with E-state index in [0.717, 1.165) is 5.56 Å². The molecule has 0 saturated heterocycles. The van der Waals surface area contributed by atoms with E-state index in [1.54, 1.807) is 30.9 Å². The highest BCUT2D eigenvalue weighted by molar-refractivity contribution is 7.92. The number of rotatable bonds is 6. The molecule has 0 aliphatic carbocycles. The van der Waals surface area contributed by atoms with Gasteiger partial charge in [-0.2, -0.15) is 0 Å². The van der Waals surface area contributed by atoms with Crippen molar-refractivity contribution in [3.05, 3.63) is 53.6 Å². The van der Waals surface area contributed by atoms with Crippen molar-refractivity contribution in [2.24, 2.45) is 0 Å². The number of hydrogen-bond acceptors (Lipinski definition) is 5. The van der Waals surface area contributed by atoms with E-state index in [9.17, 15) is 13.2 Å². The number of hydrogen-bond donors (Lipinski definition) is 0. The number of carbonyl (C=O) groups excluding carboxylic acids is 1. The summed E-state index contributed by atoms with van der Waals surface area (Å²) >= 11 is 0. The molecule has 1 amide bonds. The molecule has 28 heavy (non-hydrogen) atoms. The highest BCUT2D eigenvalue weighted by Crippen LogP contribution is 2.34. The first-order valence-corrected chi connectivity index (χ1v) is 10.9. The minimum absolute atomic E-state index is 0.162. The molecule has 1 aliphatic rings. The number of carbonyl (C=O) groups is 1. The summed E-state index contributed by atoms with van der Waals surface area (Å²) in [5.41, 5.74) is 1.33. The average molecular weight is 404 g/mol. The molecule has 2 aromatic rings. The van der Waals surface area contributed by atoms with E-state index in [1.807, 2.05) is 25.1 Å². The summed E-state index contributed by atoms with van der Waals surface area (Å²) in [6, 6.07) is 11.8. The zero-order valence-electron chi connectivity index (χ0n) is 16.3. The molecular weight excluding hydrogens is 378 g/mol. The molecule has 0 radical (unpaired) electrons. The van der Waals surface area contributed by atoms with Crippen LogP contribution in [0.5, 0.6) is 11.5 Å².